The van der Waals surface area contributed by atoms with Crippen LogP contribution in [-0.4, -0.2) is 32.0 Å². The van der Waals surface area contributed by atoms with Crippen molar-refractivity contribution in [3.63, 3.8) is 0 Å². The summed E-state index contributed by atoms with van der Waals surface area (Å²) in [5.41, 5.74) is 0. The molecule has 1 heterocycles. The molecule has 0 N–H and O–H groups in total. The third kappa shape index (κ3) is 2.28. The zero-order chi connectivity index (χ0) is 11.8. The predicted octanol–water partition coefficient (Wildman–Crippen LogP) is 2.18. The first-order valence-electron chi connectivity index (χ1n) is 4.90. The van der Waals surface area contributed by atoms with E-state index in [9.17, 15) is 12.8 Å². The van der Waals surface area contributed by atoms with Crippen molar-refractivity contribution in [1.29, 1.82) is 0 Å². The van der Waals surface area contributed by atoms with Gasteiger partial charge in [-0.1, -0.05) is 15.9 Å². The maximum absolute atomic E-state index is 13.0. The topological polar surface area (TPSA) is 37.4 Å². The van der Waals surface area contributed by atoms with E-state index >= 15 is 0 Å². The Balaban J connectivity index is 2.29. The molecular formula is C10H11BrFNO2S. The molecule has 1 aliphatic rings. The van der Waals surface area contributed by atoms with Crippen molar-refractivity contribution >= 4 is 26.0 Å². The van der Waals surface area contributed by atoms with Crippen molar-refractivity contribution in [3.8, 4) is 0 Å². The van der Waals surface area contributed by atoms with Crippen LogP contribution >= 0.6 is 15.9 Å². The summed E-state index contributed by atoms with van der Waals surface area (Å²) in [5.74, 6) is 0. The molecule has 1 atom stereocenters. The fourth-order valence-electron chi connectivity index (χ4n) is 1.66. The molecule has 0 saturated carbocycles. The molecule has 1 aliphatic heterocycles. The molecule has 1 aromatic rings. The zero-order valence-corrected chi connectivity index (χ0v) is 10.8. The van der Waals surface area contributed by atoms with Gasteiger partial charge in [0.15, 0.2) is 0 Å². The fraction of sp³-hybridized carbons (Fsp3) is 0.400. The highest BCUT2D eigenvalue weighted by atomic mass is 79.9. The van der Waals surface area contributed by atoms with Crippen LogP contribution in [0.1, 0.15) is 6.42 Å². The van der Waals surface area contributed by atoms with Crippen molar-refractivity contribution < 1.29 is 12.8 Å². The minimum absolute atomic E-state index is 0.0294. The molecule has 6 heteroatoms. The summed E-state index contributed by atoms with van der Waals surface area (Å²) in [6.45, 7) is 0.234. The van der Waals surface area contributed by atoms with E-state index in [-0.39, 0.29) is 24.4 Å². The van der Waals surface area contributed by atoms with Gasteiger partial charge in [0.25, 0.3) is 0 Å². The molecule has 1 aromatic carbocycles. The molecule has 1 fully saturated rings. The first kappa shape index (κ1) is 12.0. The second kappa shape index (κ2) is 4.43. The highest BCUT2D eigenvalue weighted by molar-refractivity contribution is 9.10. The molecule has 16 heavy (non-hydrogen) atoms. The number of nitrogens with zero attached hydrogens (tertiary/aromatic N) is 1. The minimum atomic E-state index is -3.52. The molecule has 0 radical (unpaired) electrons. The Morgan fingerprint density at radius 3 is 2.44 bits per heavy atom. The van der Waals surface area contributed by atoms with Crippen LogP contribution in [0.2, 0.25) is 0 Å². The van der Waals surface area contributed by atoms with Crippen molar-refractivity contribution in [1.82, 2.24) is 4.31 Å². The first-order valence-corrected chi connectivity index (χ1v) is 7.13. The summed E-state index contributed by atoms with van der Waals surface area (Å²) < 4.78 is 39.1. The van der Waals surface area contributed by atoms with Crippen LogP contribution in [-0.2, 0) is 10.0 Å². The lowest BCUT2D eigenvalue weighted by atomic mass is 10.4. The van der Waals surface area contributed by atoms with Gasteiger partial charge < -0.3 is 0 Å². The van der Waals surface area contributed by atoms with Gasteiger partial charge in [-0.25, -0.2) is 12.8 Å². The van der Waals surface area contributed by atoms with E-state index in [1.165, 1.54) is 16.4 Å². The Morgan fingerprint density at radius 1 is 1.31 bits per heavy atom. The van der Waals surface area contributed by atoms with Gasteiger partial charge in [0.2, 0.25) is 10.0 Å². The quantitative estimate of drug-likeness (QED) is 0.840. The summed E-state index contributed by atoms with van der Waals surface area (Å²) in [4.78, 5) is 0.213. The molecule has 0 aliphatic carbocycles. The van der Waals surface area contributed by atoms with Crippen LogP contribution in [0.5, 0.6) is 0 Å². The Kier molecular flexibility index (Phi) is 3.32. The van der Waals surface area contributed by atoms with Crippen molar-refractivity contribution in [3.05, 3.63) is 28.7 Å². The van der Waals surface area contributed by atoms with Gasteiger partial charge in [-0.2, -0.15) is 4.31 Å². The lowest BCUT2D eigenvalue weighted by Gasteiger charge is -2.15. The van der Waals surface area contributed by atoms with Gasteiger partial charge in [-0.3, -0.25) is 0 Å². The van der Waals surface area contributed by atoms with Gasteiger partial charge in [0.1, 0.15) is 6.17 Å². The first-order chi connectivity index (χ1) is 7.50. The second-order valence-electron chi connectivity index (χ2n) is 3.70. The predicted molar refractivity (Wildman–Crippen MR) is 62.4 cm³/mol. The lowest BCUT2D eigenvalue weighted by molar-refractivity contribution is 0.343. The molecule has 3 nitrogen and oxygen atoms in total. The molecule has 0 spiro atoms. The van der Waals surface area contributed by atoms with Gasteiger partial charge >= 0.3 is 0 Å². The normalized spacial score (nSPS) is 22.5. The van der Waals surface area contributed by atoms with E-state index < -0.39 is 16.2 Å². The van der Waals surface area contributed by atoms with Crippen LogP contribution in [0.4, 0.5) is 4.39 Å². The van der Waals surface area contributed by atoms with Crippen molar-refractivity contribution in [2.24, 2.45) is 0 Å². The monoisotopic (exact) mass is 307 g/mol. The Morgan fingerprint density at radius 2 is 1.94 bits per heavy atom. The Bertz CT molecular complexity index is 474. The average molecular weight is 308 g/mol. The third-order valence-electron chi connectivity index (χ3n) is 2.54. The highest BCUT2D eigenvalue weighted by Gasteiger charge is 2.32. The number of halogens is 2. The molecule has 1 saturated heterocycles. The van der Waals surface area contributed by atoms with Crippen molar-refractivity contribution in [2.45, 2.75) is 17.5 Å². The number of rotatable bonds is 2. The molecule has 0 amide bonds. The van der Waals surface area contributed by atoms with E-state index in [0.717, 1.165) is 4.47 Å². The van der Waals surface area contributed by atoms with Crippen LogP contribution in [0.15, 0.2) is 33.6 Å². The van der Waals surface area contributed by atoms with E-state index in [2.05, 4.69) is 15.9 Å². The maximum Gasteiger partial charge on any atom is 0.243 e. The summed E-state index contributed by atoms with van der Waals surface area (Å²) >= 11 is 3.24. The zero-order valence-electron chi connectivity index (χ0n) is 8.44. The van der Waals surface area contributed by atoms with E-state index in [4.69, 9.17) is 0 Å². The summed E-state index contributed by atoms with van der Waals surface area (Å²) in [7, 11) is -3.52. The SMILES string of the molecule is O=S(=O)(c1ccc(Br)cc1)N1CC[C@@H](F)C1. The maximum atomic E-state index is 13.0. The van der Waals surface area contributed by atoms with E-state index in [0.29, 0.717) is 0 Å². The van der Waals surface area contributed by atoms with Crippen LogP contribution in [0.25, 0.3) is 0 Å². The van der Waals surface area contributed by atoms with Gasteiger partial charge in [-0.05, 0) is 30.7 Å². The third-order valence-corrected chi connectivity index (χ3v) is 4.95. The molecule has 0 unspecified atom stereocenters. The lowest BCUT2D eigenvalue weighted by Crippen LogP contribution is -2.29. The van der Waals surface area contributed by atoms with E-state index in [1.807, 2.05) is 0 Å². The van der Waals surface area contributed by atoms with Crippen LogP contribution in [0, 0.1) is 0 Å². The average Bonchev–Trinajstić information content (AvgIpc) is 2.66. The van der Waals surface area contributed by atoms with E-state index in [1.54, 1.807) is 12.1 Å². The largest absolute Gasteiger partial charge is 0.246 e. The van der Waals surface area contributed by atoms with Crippen LogP contribution in [0.3, 0.4) is 0 Å². The van der Waals surface area contributed by atoms with Crippen LogP contribution < -0.4 is 0 Å². The van der Waals surface area contributed by atoms with Gasteiger partial charge in [-0.15, -0.1) is 0 Å². The summed E-state index contributed by atoms with van der Waals surface area (Å²) in [5, 5.41) is 0. The Hall–Kier alpha value is -0.460. The molecule has 88 valence electrons. The number of benzene rings is 1. The number of sulfonamides is 1. The smallest absolute Gasteiger partial charge is 0.243 e. The second-order valence-corrected chi connectivity index (χ2v) is 6.56. The fourth-order valence-corrected chi connectivity index (χ4v) is 3.41. The van der Waals surface area contributed by atoms with Crippen molar-refractivity contribution in [2.75, 3.05) is 13.1 Å². The molecule has 2 rings (SSSR count). The number of alkyl halides is 1. The van der Waals surface area contributed by atoms with Gasteiger partial charge in [0.05, 0.1) is 4.90 Å². The Labute approximate surface area is 102 Å². The summed E-state index contributed by atoms with van der Waals surface area (Å²) in [6, 6.07) is 6.36. The standard InChI is InChI=1S/C10H11BrFNO2S/c11-8-1-3-10(4-2-8)16(14,15)13-6-5-9(12)7-13/h1-4,9H,5-7H2/t9-/m1/s1. The van der Waals surface area contributed by atoms with Gasteiger partial charge in [0, 0.05) is 17.6 Å². The minimum Gasteiger partial charge on any atom is -0.246 e. The molecular weight excluding hydrogens is 297 g/mol. The molecule has 0 aromatic heterocycles. The number of hydrogen-bond acceptors (Lipinski definition) is 2. The highest BCUT2D eigenvalue weighted by Crippen LogP contribution is 2.23. The molecule has 0 bridgehead atoms. The number of hydrogen-bond donors (Lipinski definition) is 0. The summed E-state index contributed by atoms with van der Waals surface area (Å²) in [6.07, 6.45) is -0.749.